The number of urea groups is 1. The summed E-state index contributed by atoms with van der Waals surface area (Å²) in [5.74, 6) is -4.96. The first-order valence-electron chi connectivity index (χ1n) is 22.0. The lowest BCUT2D eigenvalue weighted by molar-refractivity contribution is -0.197. The van der Waals surface area contributed by atoms with Gasteiger partial charge in [-0.3, -0.25) is 38.5 Å². The number of unbranched alkanes of at least 4 members (excludes halogenated alkanes) is 3. The maximum atomic E-state index is 13.6. The van der Waals surface area contributed by atoms with Crippen molar-refractivity contribution in [2.45, 2.75) is 137 Å². The normalized spacial score (nSPS) is 14.2. The maximum Gasteiger partial charge on any atom is 0.410 e. The van der Waals surface area contributed by atoms with Crippen LogP contribution in [0.25, 0.3) is 0 Å². The summed E-state index contributed by atoms with van der Waals surface area (Å²) in [6, 6.07) is 1.89. The van der Waals surface area contributed by atoms with Crippen molar-refractivity contribution < 1.29 is 57.5 Å². The number of likely N-dealkylation sites (N-methyl/N-ethyl adjacent to an activating group) is 2. The molecule has 0 spiro atoms. The second-order valence-corrected chi connectivity index (χ2v) is 17.2. The molecule has 1 saturated heterocycles. The number of anilines is 1. The summed E-state index contributed by atoms with van der Waals surface area (Å²) >= 11 is 0. The number of amides is 10. The molecule has 0 unspecified atom stereocenters. The number of nitrogens with zero attached hydrogens (tertiary/aromatic N) is 3. The molecule has 362 valence electrons. The molecule has 0 saturated carbocycles. The van der Waals surface area contributed by atoms with E-state index in [2.05, 4.69) is 26.6 Å². The van der Waals surface area contributed by atoms with Gasteiger partial charge in [0.25, 0.3) is 11.8 Å². The quantitative estimate of drug-likeness (QED) is 0.0578. The highest BCUT2D eigenvalue weighted by molar-refractivity contribution is 6.01. The molecule has 1 aromatic rings. The smallest absolute Gasteiger partial charge is 0.410 e. The molecule has 1 aromatic carbocycles. The van der Waals surface area contributed by atoms with Crippen LogP contribution in [0.2, 0.25) is 0 Å². The molecule has 65 heavy (non-hydrogen) atoms. The fraction of sp³-hybridized carbons (Fsp3) is 0.636. The van der Waals surface area contributed by atoms with Crippen molar-refractivity contribution in [3.05, 3.63) is 29.8 Å². The van der Waals surface area contributed by atoms with Gasteiger partial charge in [0, 0.05) is 59.1 Å². The average molecular weight is 916 g/mol. The van der Waals surface area contributed by atoms with Crippen molar-refractivity contribution in [3.63, 3.8) is 0 Å². The summed E-state index contributed by atoms with van der Waals surface area (Å²) in [6.45, 7) is 10.7. The Kier molecular flexibility index (Phi) is 22.9. The molecule has 21 nitrogen and oxygen atoms in total. The van der Waals surface area contributed by atoms with Gasteiger partial charge >= 0.3 is 18.1 Å². The molecule has 0 bridgehead atoms. The van der Waals surface area contributed by atoms with Crippen molar-refractivity contribution in [2.24, 2.45) is 23.5 Å². The fourth-order valence-electron chi connectivity index (χ4n) is 6.77. The summed E-state index contributed by atoms with van der Waals surface area (Å²) in [5, 5.41) is 14.0. The van der Waals surface area contributed by atoms with Crippen molar-refractivity contribution in [2.75, 3.05) is 33.0 Å². The molecular formula is C44H69N9O12. The number of nitrogens with one attached hydrogen (secondary N) is 5. The van der Waals surface area contributed by atoms with Gasteiger partial charge in [-0.25, -0.2) is 14.4 Å². The topological polar surface area (TPSA) is 285 Å². The minimum Gasteiger partial charge on any atom is -0.445 e. The van der Waals surface area contributed by atoms with Gasteiger partial charge in [0.15, 0.2) is 0 Å². The van der Waals surface area contributed by atoms with Crippen LogP contribution in [0.5, 0.6) is 0 Å². The summed E-state index contributed by atoms with van der Waals surface area (Å²) in [6.07, 6.45) is 1.79. The zero-order valence-corrected chi connectivity index (χ0v) is 39.2. The standard InChI is InChI=1S/C44H69N9O12/c1-26(2)36(49-32(54)16-12-10-11-13-17-35(57)65-53-33(55)22-23-34(53)56)40(59)48-31(15-14-24-46-43(45)62)39(58)47-30-20-18-29(19-21-30)25-64-44(63)52(9)38(28(5)6)41(60)50-37(27(3)4)42(61)51(7)8/h18-21,26-28,31,36-38H,10-17,22-25H2,1-9H3,(H,47,58)(H,48,59)(H,49,54)(H,50,60)(H3,45,46,62)/t31-,36-,37-,38-/m0/s1. The first-order chi connectivity index (χ1) is 30.5. The zero-order chi connectivity index (χ0) is 49.0. The van der Waals surface area contributed by atoms with Crippen molar-refractivity contribution in [1.82, 2.24) is 36.1 Å². The summed E-state index contributed by atoms with van der Waals surface area (Å²) < 4.78 is 5.52. The Labute approximate surface area is 380 Å². The number of imide groups is 1. The Bertz CT molecular complexity index is 1820. The largest absolute Gasteiger partial charge is 0.445 e. The van der Waals surface area contributed by atoms with Crippen molar-refractivity contribution in [1.29, 1.82) is 0 Å². The van der Waals surface area contributed by atoms with Gasteiger partial charge < -0.3 is 46.8 Å². The number of ether oxygens (including phenoxy) is 1. The number of benzene rings is 1. The minimum atomic E-state index is -1.08. The lowest BCUT2D eigenvalue weighted by atomic mass is 9.99. The zero-order valence-electron chi connectivity index (χ0n) is 39.2. The molecule has 1 heterocycles. The molecular weight excluding hydrogens is 847 g/mol. The van der Waals surface area contributed by atoms with Crippen molar-refractivity contribution >= 4 is 65.1 Å². The van der Waals surface area contributed by atoms with Crippen molar-refractivity contribution in [3.8, 4) is 0 Å². The maximum absolute atomic E-state index is 13.6. The lowest BCUT2D eigenvalue weighted by Gasteiger charge is -2.32. The van der Waals surface area contributed by atoms with E-state index in [1.54, 1.807) is 66.1 Å². The van der Waals surface area contributed by atoms with E-state index < -0.39 is 71.8 Å². The lowest BCUT2D eigenvalue weighted by Crippen LogP contribution is -2.57. The molecule has 0 aromatic heterocycles. The van der Waals surface area contributed by atoms with Gasteiger partial charge in [0.05, 0.1) is 0 Å². The molecule has 1 aliphatic heterocycles. The van der Waals surface area contributed by atoms with Crippen LogP contribution in [0.3, 0.4) is 0 Å². The van der Waals surface area contributed by atoms with Crippen LogP contribution >= 0.6 is 0 Å². The van der Waals surface area contributed by atoms with Gasteiger partial charge in [-0.2, -0.15) is 0 Å². The number of hydroxylamine groups is 2. The highest BCUT2D eigenvalue weighted by Crippen LogP contribution is 2.18. The van der Waals surface area contributed by atoms with E-state index in [1.807, 2.05) is 13.8 Å². The number of carbonyl (C=O) groups is 10. The highest BCUT2D eigenvalue weighted by atomic mass is 16.7. The number of primary amides is 1. The number of nitrogens with two attached hydrogens (primary N) is 1. The molecule has 2 rings (SSSR count). The first-order valence-corrected chi connectivity index (χ1v) is 22.0. The Morgan fingerprint density at radius 1 is 0.708 bits per heavy atom. The Morgan fingerprint density at radius 2 is 1.29 bits per heavy atom. The second kappa shape index (κ2) is 27.1. The average Bonchev–Trinajstić information content (AvgIpc) is 3.54. The van der Waals surface area contributed by atoms with Crippen LogP contribution in [0, 0.1) is 17.8 Å². The Hall–Kier alpha value is -6.28. The SMILES string of the molecule is CC(C)[C@H](NC(=O)CCCCCCC(=O)ON1C(=O)CCC1=O)C(=O)N[C@@H](CCCNC(N)=O)C(=O)Nc1ccc(COC(=O)N(C)[C@H](C(=O)N[C@H](C(=O)N(C)C)C(C)C)C(C)C)cc1. The predicted octanol–water partition coefficient (Wildman–Crippen LogP) is 2.47. The number of rotatable bonds is 26. The van der Waals surface area contributed by atoms with Gasteiger partial charge in [-0.15, -0.1) is 5.06 Å². The van der Waals surface area contributed by atoms with Crippen LogP contribution in [-0.2, 0) is 54.5 Å². The predicted molar refractivity (Wildman–Crippen MR) is 238 cm³/mol. The Balaban J connectivity index is 1.98. The molecule has 0 aliphatic carbocycles. The third kappa shape index (κ3) is 18.8. The Morgan fingerprint density at radius 3 is 1.83 bits per heavy atom. The van der Waals surface area contributed by atoms with E-state index in [0.29, 0.717) is 42.0 Å². The molecule has 4 atom stereocenters. The highest BCUT2D eigenvalue weighted by Gasteiger charge is 2.36. The van der Waals surface area contributed by atoms with Gasteiger partial charge in [0.2, 0.25) is 29.5 Å². The molecule has 7 N–H and O–H groups in total. The molecule has 1 aliphatic rings. The second-order valence-electron chi connectivity index (χ2n) is 17.2. The van der Waals surface area contributed by atoms with Gasteiger partial charge in [0.1, 0.15) is 30.8 Å². The van der Waals surface area contributed by atoms with E-state index in [4.69, 9.17) is 15.3 Å². The molecule has 0 radical (unpaired) electrons. The van der Waals surface area contributed by atoms with Crippen LogP contribution in [0.1, 0.15) is 111 Å². The third-order valence-electron chi connectivity index (χ3n) is 10.5. The van der Waals surface area contributed by atoms with Crippen LogP contribution in [-0.4, -0.2) is 126 Å². The van der Waals surface area contributed by atoms with E-state index in [-0.39, 0.29) is 81.2 Å². The number of hydrogen-bond donors (Lipinski definition) is 6. The van der Waals surface area contributed by atoms with Crippen LogP contribution in [0.15, 0.2) is 24.3 Å². The summed E-state index contributed by atoms with van der Waals surface area (Å²) in [5.41, 5.74) is 6.12. The minimum absolute atomic E-state index is 0.00109. The monoisotopic (exact) mass is 916 g/mol. The van der Waals surface area contributed by atoms with Gasteiger partial charge in [-0.1, -0.05) is 66.5 Å². The molecule has 21 heteroatoms. The molecule has 1 fully saturated rings. The third-order valence-corrected chi connectivity index (χ3v) is 10.5. The van der Waals surface area contributed by atoms with Gasteiger partial charge in [-0.05, 0) is 61.1 Å². The summed E-state index contributed by atoms with van der Waals surface area (Å²) in [4.78, 5) is 133. The van der Waals surface area contributed by atoms with Crippen LogP contribution in [0.4, 0.5) is 15.3 Å². The van der Waals surface area contributed by atoms with E-state index in [1.165, 1.54) is 16.8 Å². The van der Waals surface area contributed by atoms with Crippen LogP contribution < -0.4 is 32.3 Å². The fourth-order valence-corrected chi connectivity index (χ4v) is 6.77. The first kappa shape index (κ1) is 54.9. The van der Waals surface area contributed by atoms with E-state index in [9.17, 15) is 47.9 Å². The number of carbonyl (C=O) groups excluding carboxylic acids is 10. The summed E-state index contributed by atoms with van der Waals surface area (Å²) in [7, 11) is 4.65. The molecule has 10 amide bonds. The van der Waals surface area contributed by atoms with E-state index >= 15 is 0 Å². The number of hydrogen-bond acceptors (Lipinski definition) is 12. The van der Waals surface area contributed by atoms with E-state index in [0.717, 1.165) is 0 Å².